The second kappa shape index (κ2) is 7.93. The largest absolute Gasteiger partial charge is 0.443 e. The van der Waals surface area contributed by atoms with E-state index in [1.54, 1.807) is 19.4 Å². The number of amides is 1. The maximum Gasteiger partial charge on any atom is 0.415 e. The predicted molar refractivity (Wildman–Crippen MR) is 102 cm³/mol. The van der Waals surface area contributed by atoms with E-state index in [4.69, 9.17) is 16.3 Å². The van der Waals surface area contributed by atoms with Crippen molar-refractivity contribution in [1.82, 2.24) is 9.97 Å². The van der Waals surface area contributed by atoms with E-state index in [2.05, 4.69) is 14.7 Å². The third kappa shape index (κ3) is 5.51. The highest BCUT2D eigenvalue weighted by Gasteiger charge is 2.22. The summed E-state index contributed by atoms with van der Waals surface area (Å²) in [6.07, 6.45) is 2.85. The molecular weight excluding hydrogens is 360 g/mol. The molecule has 0 aliphatic carbocycles. The lowest BCUT2D eigenvalue weighted by atomic mass is 10.2. The topological polar surface area (TPSA) is 67.4 Å². The van der Waals surface area contributed by atoms with Crippen LogP contribution in [0.2, 0.25) is 5.15 Å². The lowest BCUT2D eigenvalue weighted by molar-refractivity contribution is 0.0588. The van der Waals surface area contributed by atoms with Gasteiger partial charge in [0.1, 0.15) is 16.6 Å². The number of pyridine rings is 2. The van der Waals surface area contributed by atoms with Crippen LogP contribution in [-0.2, 0) is 4.74 Å². The smallest absolute Gasteiger partial charge is 0.415 e. The minimum atomic E-state index is -0.555. The molecule has 2 rings (SSSR count). The normalized spacial score (nSPS) is 11.1. The number of hydrogen-bond acceptors (Lipinski definition) is 6. The lowest BCUT2D eigenvalue weighted by Crippen LogP contribution is -2.35. The highest BCUT2D eigenvalue weighted by Crippen LogP contribution is 2.28. The average Bonchev–Trinajstić information content (AvgIpc) is 2.52. The van der Waals surface area contributed by atoms with Gasteiger partial charge in [0.05, 0.1) is 16.8 Å². The Morgan fingerprint density at radius 1 is 1.36 bits per heavy atom. The van der Waals surface area contributed by atoms with Gasteiger partial charge in [-0.1, -0.05) is 11.6 Å². The zero-order valence-corrected chi connectivity index (χ0v) is 16.4. The molecule has 2 aromatic heterocycles. The molecule has 0 unspecified atom stereocenters. The van der Waals surface area contributed by atoms with Gasteiger partial charge in [0.25, 0.3) is 0 Å². The van der Waals surface area contributed by atoms with Crippen LogP contribution in [0.3, 0.4) is 0 Å². The van der Waals surface area contributed by atoms with Crippen LogP contribution < -0.4 is 9.62 Å². The molecule has 0 bridgehead atoms. The number of carbonyl (C=O) groups is 1. The Morgan fingerprint density at radius 2 is 2.08 bits per heavy atom. The van der Waals surface area contributed by atoms with Crippen molar-refractivity contribution >= 4 is 41.1 Å². The van der Waals surface area contributed by atoms with Gasteiger partial charge in [-0.25, -0.2) is 14.8 Å². The summed E-state index contributed by atoms with van der Waals surface area (Å²) in [6, 6.07) is 5.59. The Balaban J connectivity index is 2.07. The molecule has 25 heavy (non-hydrogen) atoms. The molecule has 0 saturated carbocycles. The maximum atomic E-state index is 12.2. The van der Waals surface area contributed by atoms with Crippen molar-refractivity contribution in [3.05, 3.63) is 41.3 Å². The second-order valence-electron chi connectivity index (χ2n) is 6.40. The van der Waals surface area contributed by atoms with Gasteiger partial charge in [0, 0.05) is 13.2 Å². The number of aromatic nitrogens is 2. The van der Waals surface area contributed by atoms with E-state index in [1.165, 1.54) is 16.8 Å². The Kier molecular flexibility index (Phi) is 6.13. The van der Waals surface area contributed by atoms with Gasteiger partial charge in [0.15, 0.2) is 0 Å². The number of anilines is 2. The van der Waals surface area contributed by atoms with Gasteiger partial charge >= 0.3 is 6.09 Å². The number of halogens is 1. The molecule has 134 valence electrons. The first-order chi connectivity index (χ1) is 11.7. The summed E-state index contributed by atoms with van der Waals surface area (Å²) in [4.78, 5) is 22.8. The van der Waals surface area contributed by atoms with Crippen LogP contribution in [0.1, 0.15) is 26.3 Å². The van der Waals surface area contributed by atoms with E-state index in [9.17, 15) is 4.79 Å². The van der Waals surface area contributed by atoms with Crippen LogP contribution in [0.4, 0.5) is 16.3 Å². The van der Waals surface area contributed by atoms with Gasteiger partial charge in [0.2, 0.25) is 0 Å². The SMILES string of the molecule is Cc1cc(NSc2cccnc2Cl)cnc1N(C)C(=O)OC(C)(C)C. The average molecular weight is 381 g/mol. The molecule has 0 aromatic carbocycles. The van der Waals surface area contributed by atoms with Crippen molar-refractivity contribution in [2.75, 3.05) is 16.7 Å². The molecular formula is C17H21ClN4O2S. The number of aryl methyl sites for hydroxylation is 1. The van der Waals surface area contributed by atoms with Crippen molar-refractivity contribution in [2.24, 2.45) is 0 Å². The molecule has 2 heterocycles. The maximum absolute atomic E-state index is 12.2. The molecule has 8 heteroatoms. The minimum absolute atomic E-state index is 0.436. The fourth-order valence-electron chi connectivity index (χ4n) is 1.95. The Bertz CT molecular complexity index is 765. The molecule has 1 N–H and O–H groups in total. The molecule has 0 spiro atoms. The first-order valence-corrected chi connectivity index (χ1v) is 8.83. The number of hydrogen-bond donors (Lipinski definition) is 1. The first kappa shape index (κ1) is 19.3. The monoisotopic (exact) mass is 380 g/mol. The zero-order chi connectivity index (χ0) is 18.6. The predicted octanol–water partition coefficient (Wildman–Crippen LogP) is 4.93. The van der Waals surface area contributed by atoms with Crippen molar-refractivity contribution in [1.29, 1.82) is 0 Å². The third-order valence-electron chi connectivity index (χ3n) is 3.04. The minimum Gasteiger partial charge on any atom is -0.443 e. The molecule has 0 aliphatic rings. The van der Waals surface area contributed by atoms with E-state index in [-0.39, 0.29) is 0 Å². The van der Waals surface area contributed by atoms with Gasteiger partial charge in [-0.3, -0.25) is 4.90 Å². The van der Waals surface area contributed by atoms with Crippen LogP contribution in [0.25, 0.3) is 0 Å². The van der Waals surface area contributed by atoms with E-state index in [0.29, 0.717) is 11.0 Å². The number of carbonyl (C=O) groups excluding carboxylic acids is 1. The third-order valence-corrected chi connectivity index (χ3v) is 4.34. The van der Waals surface area contributed by atoms with Crippen molar-refractivity contribution in [3.8, 4) is 0 Å². The molecule has 0 fully saturated rings. The quantitative estimate of drug-likeness (QED) is 0.599. The van der Waals surface area contributed by atoms with Crippen molar-refractivity contribution in [2.45, 2.75) is 38.2 Å². The van der Waals surface area contributed by atoms with Gasteiger partial charge in [-0.15, -0.1) is 0 Å². The Hall–Kier alpha value is -1.99. The van der Waals surface area contributed by atoms with Gasteiger partial charge < -0.3 is 9.46 Å². The first-order valence-electron chi connectivity index (χ1n) is 7.64. The number of rotatable bonds is 4. The van der Waals surface area contributed by atoms with E-state index >= 15 is 0 Å². The summed E-state index contributed by atoms with van der Waals surface area (Å²) in [6.45, 7) is 7.36. The standard InChI is InChI=1S/C17H21ClN4O2S/c1-11-9-12(21-25-13-7-6-8-19-14(13)18)10-20-15(11)22(5)16(23)24-17(2,3)4/h6-10,21H,1-5H3. The summed E-state index contributed by atoms with van der Waals surface area (Å²) >= 11 is 7.38. The fourth-order valence-corrected chi connectivity index (χ4v) is 2.81. The molecule has 0 radical (unpaired) electrons. The van der Waals surface area contributed by atoms with E-state index in [1.807, 2.05) is 45.9 Å². The molecule has 2 aromatic rings. The zero-order valence-electron chi connectivity index (χ0n) is 14.8. The summed E-state index contributed by atoms with van der Waals surface area (Å²) in [5, 5.41) is 0.436. The van der Waals surface area contributed by atoms with Crippen LogP contribution in [0.15, 0.2) is 35.5 Å². The highest BCUT2D eigenvalue weighted by atomic mass is 35.5. The van der Waals surface area contributed by atoms with Crippen LogP contribution in [0, 0.1) is 6.92 Å². The Morgan fingerprint density at radius 3 is 2.68 bits per heavy atom. The summed E-state index contributed by atoms with van der Waals surface area (Å²) in [5.41, 5.74) is 1.08. The lowest BCUT2D eigenvalue weighted by Gasteiger charge is -2.25. The number of ether oxygens (including phenoxy) is 1. The van der Waals surface area contributed by atoms with E-state index < -0.39 is 11.7 Å². The fraction of sp³-hybridized carbons (Fsp3) is 0.353. The van der Waals surface area contributed by atoms with Crippen LogP contribution in [0.5, 0.6) is 0 Å². The Labute approximate surface area is 157 Å². The van der Waals surface area contributed by atoms with Crippen molar-refractivity contribution < 1.29 is 9.53 Å². The van der Waals surface area contributed by atoms with Crippen molar-refractivity contribution in [3.63, 3.8) is 0 Å². The molecule has 6 nitrogen and oxygen atoms in total. The molecule has 0 saturated heterocycles. The van der Waals surface area contributed by atoms with Crippen LogP contribution >= 0.6 is 23.5 Å². The molecule has 1 amide bonds. The van der Waals surface area contributed by atoms with E-state index in [0.717, 1.165) is 16.1 Å². The van der Waals surface area contributed by atoms with Crippen LogP contribution in [-0.4, -0.2) is 28.7 Å². The van der Waals surface area contributed by atoms with Gasteiger partial charge in [-0.05, 0) is 63.4 Å². The molecule has 0 aliphatic heterocycles. The summed E-state index contributed by atoms with van der Waals surface area (Å²) in [5.74, 6) is 0.546. The van der Waals surface area contributed by atoms with Gasteiger partial charge in [-0.2, -0.15) is 0 Å². The summed E-state index contributed by atoms with van der Waals surface area (Å²) < 4.78 is 8.53. The summed E-state index contributed by atoms with van der Waals surface area (Å²) in [7, 11) is 1.64. The molecule has 0 atom stereocenters. The second-order valence-corrected chi connectivity index (χ2v) is 7.61. The highest BCUT2D eigenvalue weighted by molar-refractivity contribution is 8.00. The number of nitrogens with one attached hydrogen (secondary N) is 1. The number of nitrogens with zero attached hydrogens (tertiary/aromatic N) is 3.